The molecule has 10 nitrogen and oxygen atoms in total. The van der Waals surface area contributed by atoms with Crippen LogP contribution in [0.2, 0.25) is 0 Å². The predicted molar refractivity (Wildman–Crippen MR) is 93.6 cm³/mol. The normalized spacial score (nSPS) is 11.5. The minimum Gasteiger partial charge on any atom is -0.457 e. The molecule has 6 N–H and O–H groups in total. The predicted octanol–water partition coefficient (Wildman–Crippen LogP) is -1.72. The van der Waals surface area contributed by atoms with Gasteiger partial charge in [-0.2, -0.15) is 0 Å². The number of rotatable bonds is 10. The van der Waals surface area contributed by atoms with E-state index in [2.05, 4.69) is 10.6 Å². The first-order valence-corrected chi connectivity index (χ1v) is 8.20. The molecule has 0 bridgehead atoms. The molecule has 0 radical (unpaired) electrons. The molecule has 0 aliphatic rings. The van der Waals surface area contributed by atoms with Crippen LogP contribution in [0.3, 0.4) is 0 Å². The van der Waals surface area contributed by atoms with Crippen molar-refractivity contribution in [1.29, 1.82) is 0 Å². The Morgan fingerprint density at radius 3 is 1.31 bits per heavy atom. The maximum atomic E-state index is 11.7. The van der Waals surface area contributed by atoms with Crippen molar-refractivity contribution in [1.82, 2.24) is 10.6 Å². The number of nitrogens with two attached hydrogens (primary N) is 2. The van der Waals surface area contributed by atoms with Crippen LogP contribution in [0, 0.1) is 10.8 Å². The van der Waals surface area contributed by atoms with Gasteiger partial charge < -0.3 is 31.6 Å². The van der Waals surface area contributed by atoms with Crippen molar-refractivity contribution in [3.05, 3.63) is 0 Å². The highest BCUT2D eigenvalue weighted by Gasteiger charge is 2.27. The van der Waals surface area contributed by atoms with E-state index in [-0.39, 0.29) is 51.2 Å². The van der Waals surface area contributed by atoms with E-state index in [0.717, 1.165) is 0 Å². The van der Waals surface area contributed by atoms with Gasteiger partial charge in [-0.1, -0.05) is 27.7 Å². The summed E-state index contributed by atoms with van der Waals surface area (Å²) in [6.45, 7) is 7.06. The van der Waals surface area contributed by atoms with Gasteiger partial charge in [-0.3, -0.25) is 9.59 Å². The van der Waals surface area contributed by atoms with Crippen LogP contribution in [-0.2, 0) is 28.7 Å². The number of hydrogen-bond acceptors (Lipinski definition) is 8. The van der Waals surface area contributed by atoms with Crippen LogP contribution in [0.5, 0.6) is 0 Å². The van der Waals surface area contributed by atoms with E-state index in [9.17, 15) is 19.2 Å². The monoisotopic (exact) mass is 374 g/mol. The number of carbonyl (C=O) groups is 4. The molecular formula is C16H30N4O6. The average Bonchev–Trinajstić information content (AvgIpc) is 2.60. The Kier molecular flexibility index (Phi) is 9.81. The fraction of sp³-hybridized carbons (Fsp3) is 0.750. The quantitative estimate of drug-likeness (QED) is 0.259. The van der Waals surface area contributed by atoms with Crippen molar-refractivity contribution in [2.24, 2.45) is 22.3 Å². The lowest BCUT2D eigenvalue weighted by atomic mass is 9.94. The maximum absolute atomic E-state index is 11.7. The van der Waals surface area contributed by atoms with Crippen LogP contribution in [0.1, 0.15) is 27.7 Å². The van der Waals surface area contributed by atoms with Gasteiger partial charge in [-0.05, 0) is 0 Å². The average molecular weight is 374 g/mol. The zero-order chi connectivity index (χ0) is 20.4. The Labute approximate surface area is 153 Å². The molecule has 0 fully saturated rings. The van der Waals surface area contributed by atoms with E-state index in [4.69, 9.17) is 20.9 Å². The van der Waals surface area contributed by atoms with Crippen molar-refractivity contribution < 1.29 is 28.7 Å². The second-order valence-electron chi connectivity index (χ2n) is 7.44. The summed E-state index contributed by atoms with van der Waals surface area (Å²) in [4.78, 5) is 45.7. The third kappa shape index (κ3) is 10.6. The Bertz CT molecular complexity index is 473. The first kappa shape index (κ1) is 23.8. The number of esters is 2. The smallest absolute Gasteiger partial charge is 0.417 e. The summed E-state index contributed by atoms with van der Waals surface area (Å²) in [5.74, 6) is -2.89. The van der Waals surface area contributed by atoms with E-state index in [1.807, 2.05) is 0 Å². The first-order valence-electron chi connectivity index (χ1n) is 8.20. The van der Waals surface area contributed by atoms with Crippen molar-refractivity contribution >= 4 is 23.8 Å². The zero-order valence-electron chi connectivity index (χ0n) is 15.8. The van der Waals surface area contributed by atoms with Crippen LogP contribution >= 0.6 is 0 Å². The molecule has 0 aromatic rings. The van der Waals surface area contributed by atoms with Crippen LogP contribution in [0.4, 0.5) is 0 Å². The molecule has 0 unspecified atom stereocenters. The molecule has 0 rings (SSSR count). The van der Waals surface area contributed by atoms with Gasteiger partial charge in [-0.15, -0.1) is 0 Å². The van der Waals surface area contributed by atoms with Gasteiger partial charge in [0, 0.05) is 23.9 Å². The molecule has 0 aromatic heterocycles. The Morgan fingerprint density at radius 2 is 1.04 bits per heavy atom. The van der Waals surface area contributed by atoms with Crippen molar-refractivity contribution in [3.63, 3.8) is 0 Å². The molecule has 0 heterocycles. The molecule has 0 spiro atoms. The van der Waals surface area contributed by atoms with E-state index < -0.39 is 22.8 Å². The van der Waals surface area contributed by atoms with Crippen molar-refractivity contribution in [3.8, 4) is 0 Å². The standard InChI is InChI=1S/C16H30N4O6/c1-15(2,7-19-11(21)5-17)9-25-13(23)14(24)26-10-16(3,4)8-20-12(22)6-18/h5-10,17-18H2,1-4H3,(H,19,21)(H,20,22). The summed E-state index contributed by atoms with van der Waals surface area (Å²) in [6.07, 6.45) is 0. The maximum Gasteiger partial charge on any atom is 0.417 e. The molecule has 0 aliphatic carbocycles. The highest BCUT2D eigenvalue weighted by atomic mass is 16.6. The van der Waals surface area contributed by atoms with Crippen LogP contribution < -0.4 is 22.1 Å². The molecule has 10 heteroatoms. The fourth-order valence-corrected chi connectivity index (χ4v) is 1.56. The van der Waals surface area contributed by atoms with E-state index in [1.54, 1.807) is 27.7 Å². The lowest BCUT2D eigenvalue weighted by molar-refractivity contribution is -0.171. The van der Waals surface area contributed by atoms with Crippen LogP contribution in [0.15, 0.2) is 0 Å². The second-order valence-corrected chi connectivity index (χ2v) is 7.44. The van der Waals surface area contributed by atoms with E-state index in [0.29, 0.717) is 0 Å². The number of amides is 2. The van der Waals surface area contributed by atoms with Crippen LogP contribution in [0.25, 0.3) is 0 Å². The fourth-order valence-electron chi connectivity index (χ4n) is 1.56. The second kappa shape index (κ2) is 10.7. The first-order chi connectivity index (χ1) is 11.9. The largest absolute Gasteiger partial charge is 0.457 e. The van der Waals surface area contributed by atoms with Gasteiger partial charge in [0.15, 0.2) is 0 Å². The van der Waals surface area contributed by atoms with Crippen LogP contribution in [-0.4, -0.2) is 63.1 Å². The molecule has 0 saturated heterocycles. The summed E-state index contributed by atoms with van der Waals surface area (Å²) in [5, 5.41) is 5.17. The number of nitrogens with one attached hydrogen (secondary N) is 2. The van der Waals surface area contributed by atoms with Crippen molar-refractivity contribution in [2.75, 3.05) is 39.4 Å². The summed E-state index contributed by atoms with van der Waals surface area (Å²) in [7, 11) is 0. The minimum absolute atomic E-state index is 0.0816. The lowest BCUT2D eigenvalue weighted by Gasteiger charge is -2.25. The highest BCUT2D eigenvalue weighted by molar-refractivity contribution is 6.29. The molecule has 0 saturated carbocycles. The Hall–Kier alpha value is -2.20. The van der Waals surface area contributed by atoms with Gasteiger partial charge in [-0.25, -0.2) is 9.59 Å². The topological polar surface area (TPSA) is 163 Å². The summed E-state index contributed by atoms with van der Waals surface area (Å²) < 4.78 is 9.87. The van der Waals surface area contributed by atoms with Crippen molar-refractivity contribution in [2.45, 2.75) is 27.7 Å². The minimum atomic E-state index is -1.12. The molecule has 2 amide bonds. The summed E-state index contributed by atoms with van der Waals surface area (Å²) >= 11 is 0. The van der Waals surface area contributed by atoms with Gasteiger partial charge in [0.05, 0.1) is 26.3 Å². The SMILES string of the molecule is CC(C)(CNC(=O)CN)COC(=O)C(=O)OCC(C)(C)CNC(=O)CN. The molecule has 26 heavy (non-hydrogen) atoms. The molecule has 0 aliphatic heterocycles. The summed E-state index contributed by atoms with van der Waals surface area (Å²) in [5.41, 5.74) is 9.23. The highest BCUT2D eigenvalue weighted by Crippen LogP contribution is 2.16. The summed E-state index contributed by atoms with van der Waals surface area (Å²) in [6, 6.07) is 0. The zero-order valence-corrected chi connectivity index (χ0v) is 15.8. The number of carbonyl (C=O) groups excluding carboxylic acids is 4. The molecule has 0 atom stereocenters. The van der Waals surface area contributed by atoms with E-state index >= 15 is 0 Å². The third-order valence-corrected chi connectivity index (χ3v) is 3.25. The van der Waals surface area contributed by atoms with Gasteiger partial charge in [0.2, 0.25) is 11.8 Å². The molecule has 0 aromatic carbocycles. The van der Waals surface area contributed by atoms with Gasteiger partial charge in [0.1, 0.15) is 0 Å². The Morgan fingerprint density at radius 1 is 0.731 bits per heavy atom. The third-order valence-electron chi connectivity index (χ3n) is 3.25. The lowest BCUT2D eigenvalue weighted by Crippen LogP contribution is -2.41. The number of hydrogen-bond donors (Lipinski definition) is 4. The van der Waals surface area contributed by atoms with Gasteiger partial charge >= 0.3 is 11.9 Å². The number of ether oxygens (including phenoxy) is 2. The van der Waals surface area contributed by atoms with E-state index in [1.165, 1.54) is 0 Å². The van der Waals surface area contributed by atoms with Gasteiger partial charge in [0.25, 0.3) is 0 Å². The molecular weight excluding hydrogens is 344 g/mol. The molecule has 150 valence electrons. The Balaban J connectivity index is 4.28.